The number of ether oxygens (including phenoxy) is 2. The summed E-state index contributed by atoms with van der Waals surface area (Å²) in [5.74, 6) is -0.608. The fourth-order valence-corrected chi connectivity index (χ4v) is 3.34. The first-order chi connectivity index (χ1) is 13.3. The van der Waals surface area contributed by atoms with Crippen molar-refractivity contribution in [2.24, 2.45) is 0 Å². The van der Waals surface area contributed by atoms with Crippen molar-refractivity contribution < 1.29 is 23.9 Å². The standard InChI is InChI=1S/C19H20ClN3O5/c1-11-8-14(18(25)28-10-17(24)22-7-6-21-19(22)26)12(2)23(11)15-9-13(20)4-5-16(15)27-3/h4-5,8-9H,6-7,10H2,1-3H3,(H,21,26). The second-order valence-electron chi connectivity index (χ2n) is 6.29. The number of carbonyl (C=O) groups excluding carboxylic acids is 3. The number of nitrogens with zero attached hydrogens (tertiary/aromatic N) is 2. The predicted molar refractivity (Wildman–Crippen MR) is 102 cm³/mol. The molecule has 0 saturated carbocycles. The number of aromatic nitrogens is 1. The summed E-state index contributed by atoms with van der Waals surface area (Å²) in [6.07, 6.45) is 0. The van der Waals surface area contributed by atoms with E-state index < -0.39 is 24.5 Å². The molecule has 0 atom stereocenters. The Morgan fingerprint density at radius 2 is 2.00 bits per heavy atom. The molecule has 28 heavy (non-hydrogen) atoms. The van der Waals surface area contributed by atoms with E-state index in [1.54, 1.807) is 38.3 Å². The van der Waals surface area contributed by atoms with Crippen LogP contribution < -0.4 is 10.1 Å². The first kappa shape index (κ1) is 19.8. The first-order valence-corrected chi connectivity index (χ1v) is 8.99. The highest BCUT2D eigenvalue weighted by atomic mass is 35.5. The molecule has 1 saturated heterocycles. The molecule has 148 valence electrons. The number of imide groups is 1. The van der Waals surface area contributed by atoms with Crippen molar-refractivity contribution in [3.63, 3.8) is 0 Å². The maximum absolute atomic E-state index is 12.5. The Hall–Kier alpha value is -3.00. The maximum atomic E-state index is 12.5. The number of nitrogens with one attached hydrogen (secondary N) is 1. The van der Waals surface area contributed by atoms with Gasteiger partial charge in [0.2, 0.25) is 0 Å². The molecule has 9 heteroatoms. The molecule has 0 radical (unpaired) electrons. The lowest BCUT2D eigenvalue weighted by atomic mass is 10.2. The number of aryl methyl sites for hydroxylation is 1. The quantitative estimate of drug-likeness (QED) is 0.772. The number of hydrogen-bond donors (Lipinski definition) is 1. The number of amides is 3. The Bertz CT molecular complexity index is 953. The van der Waals surface area contributed by atoms with E-state index in [-0.39, 0.29) is 6.54 Å². The van der Waals surface area contributed by atoms with Crippen molar-refractivity contribution in [2.75, 3.05) is 26.8 Å². The van der Waals surface area contributed by atoms with Gasteiger partial charge in [-0.25, -0.2) is 9.59 Å². The highest BCUT2D eigenvalue weighted by Crippen LogP contribution is 2.30. The molecule has 3 amide bonds. The Kier molecular flexibility index (Phi) is 5.60. The fraction of sp³-hybridized carbons (Fsp3) is 0.316. The van der Waals surface area contributed by atoms with Crippen LogP contribution in [0.15, 0.2) is 24.3 Å². The number of benzene rings is 1. The molecular formula is C19H20ClN3O5. The molecule has 0 aliphatic carbocycles. The van der Waals surface area contributed by atoms with Crippen LogP contribution in [0.4, 0.5) is 4.79 Å². The first-order valence-electron chi connectivity index (χ1n) is 8.61. The third-order valence-corrected chi connectivity index (χ3v) is 4.75. The van der Waals surface area contributed by atoms with Crippen molar-refractivity contribution in [3.05, 3.63) is 46.2 Å². The summed E-state index contributed by atoms with van der Waals surface area (Å²) in [7, 11) is 1.55. The zero-order chi connectivity index (χ0) is 20.4. The van der Waals surface area contributed by atoms with Gasteiger partial charge in [0.05, 0.1) is 18.4 Å². The van der Waals surface area contributed by atoms with Gasteiger partial charge in [0.25, 0.3) is 5.91 Å². The second-order valence-corrected chi connectivity index (χ2v) is 6.73. The Labute approximate surface area is 167 Å². The highest BCUT2D eigenvalue weighted by molar-refractivity contribution is 6.30. The SMILES string of the molecule is COc1ccc(Cl)cc1-n1c(C)cc(C(=O)OCC(=O)N2CCNC2=O)c1C. The number of carbonyl (C=O) groups is 3. The molecule has 1 fully saturated rings. The summed E-state index contributed by atoms with van der Waals surface area (Å²) in [4.78, 5) is 37.1. The van der Waals surface area contributed by atoms with Gasteiger partial charge in [0.1, 0.15) is 5.75 Å². The Morgan fingerprint density at radius 3 is 2.64 bits per heavy atom. The Morgan fingerprint density at radius 1 is 1.25 bits per heavy atom. The molecule has 0 unspecified atom stereocenters. The van der Waals surface area contributed by atoms with Crippen LogP contribution in [0.25, 0.3) is 5.69 Å². The molecule has 1 aromatic heterocycles. The third-order valence-electron chi connectivity index (χ3n) is 4.52. The van der Waals surface area contributed by atoms with Crippen LogP contribution in [0, 0.1) is 13.8 Å². The number of urea groups is 1. The van der Waals surface area contributed by atoms with Gasteiger partial charge >= 0.3 is 12.0 Å². The van der Waals surface area contributed by atoms with Crippen LogP contribution in [0.2, 0.25) is 5.02 Å². The largest absolute Gasteiger partial charge is 0.495 e. The normalized spacial score (nSPS) is 13.4. The van der Waals surface area contributed by atoms with Gasteiger partial charge in [-0.05, 0) is 38.1 Å². The monoisotopic (exact) mass is 405 g/mol. The lowest BCUT2D eigenvalue weighted by molar-refractivity contribution is -0.130. The number of hydrogen-bond acceptors (Lipinski definition) is 5. The molecule has 1 aliphatic rings. The summed E-state index contributed by atoms with van der Waals surface area (Å²) < 4.78 is 12.4. The van der Waals surface area contributed by atoms with E-state index in [0.29, 0.717) is 34.3 Å². The van der Waals surface area contributed by atoms with Gasteiger partial charge in [-0.2, -0.15) is 0 Å². The number of halogens is 1. The summed E-state index contributed by atoms with van der Waals surface area (Å²) >= 11 is 6.12. The number of methoxy groups -OCH3 is 1. The summed E-state index contributed by atoms with van der Waals surface area (Å²) in [6, 6.07) is 6.39. The minimum atomic E-state index is -0.645. The van der Waals surface area contributed by atoms with Gasteiger partial charge in [-0.3, -0.25) is 9.69 Å². The maximum Gasteiger partial charge on any atom is 0.340 e. The predicted octanol–water partition coefficient (Wildman–Crippen LogP) is 2.46. The zero-order valence-electron chi connectivity index (χ0n) is 15.7. The van der Waals surface area contributed by atoms with E-state index in [1.165, 1.54) is 0 Å². The van der Waals surface area contributed by atoms with Gasteiger partial charge in [0.15, 0.2) is 6.61 Å². The molecule has 2 aromatic rings. The molecule has 3 rings (SSSR count). The molecular weight excluding hydrogens is 386 g/mol. The number of rotatable bonds is 5. The van der Waals surface area contributed by atoms with E-state index >= 15 is 0 Å². The van der Waals surface area contributed by atoms with Crippen molar-refractivity contribution in [1.29, 1.82) is 0 Å². The van der Waals surface area contributed by atoms with E-state index in [9.17, 15) is 14.4 Å². The topological polar surface area (TPSA) is 89.9 Å². The van der Waals surface area contributed by atoms with E-state index in [2.05, 4.69) is 5.32 Å². The minimum absolute atomic E-state index is 0.262. The van der Waals surface area contributed by atoms with Gasteiger partial charge in [-0.15, -0.1) is 0 Å². The summed E-state index contributed by atoms with van der Waals surface area (Å²) in [5.41, 5.74) is 2.40. The average Bonchev–Trinajstić information content (AvgIpc) is 3.22. The van der Waals surface area contributed by atoms with Crippen LogP contribution in [-0.4, -0.2) is 54.2 Å². The minimum Gasteiger partial charge on any atom is -0.495 e. The van der Waals surface area contributed by atoms with Gasteiger partial charge in [0, 0.05) is 29.5 Å². The van der Waals surface area contributed by atoms with Crippen LogP contribution in [0.5, 0.6) is 5.75 Å². The summed E-state index contributed by atoms with van der Waals surface area (Å²) in [6.45, 7) is 3.75. The molecule has 2 heterocycles. The van der Waals surface area contributed by atoms with Crippen LogP contribution >= 0.6 is 11.6 Å². The Balaban J connectivity index is 1.82. The fourth-order valence-electron chi connectivity index (χ4n) is 3.17. The van der Waals surface area contributed by atoms with E-state index in [0.717, 1.165) is 10.6 Å². The van der Waals surface area contributed by atoms with Crippen molar-refractivity contribution >= 4 is 29.5 Å². The molecule has 1 aliphatic heterocycles. The smallest absolute Gasteiger partial charge is 0.340 e. The van der Waals surface area contributed by atoms with Crippen LogP contribution in [0.3, 0.4) is 0 Å². The highest BCUT2D eigenvalue weighted by Gasteiger charge is 2.27. The molecule has 0 spiro atoms. The third kappa shape index (κ3) is 3.68. The lowest BCUT2D eigenvalue weighted by Crippen LogP contribution is -2.37. The van der Waals surface area contributed by atoms with E-state index in [4.69, 9.17) is 21.1 Å². The molecule has 8 nitrogen and oxygen atoms in total. The van der Waals surface area contributed by atoms with Crippen LogP contribution in [-0.2, 0) is 9.53 Å². The summed E-state index contributed by atoms with van der Waals surface area (Å²) in [5, 5.41) is 3.05. The average molecular weight is 406 g/mol. The number of esters is 1. The molecule has 0 bridgehead atoms. The van der Waals surface area contributed by atoms with Crippen molar-refractivity contribution in [3.8, 4) is 11.4 Å². The lowest BCUT2D eigenvalue weighted by Gasteiger charge is -2.15. The van der Waals surface area contributed by atoms with Crippen molar-refractivity contribution in [1.82, 2.24) is 14.8 Å². The second kappa shape index (κ2) is 7.93. The van der Waals surface area contributed by atoms with Crippen LogP contribution in [0.1, 0.15) is 21.7 Å². The molecule has 1 aromatic carbocycles. The van der Waals surface area contributed by atoms with Gasteiger partial charge in [-0.1, -0.05) is 11.6 Å². The van der Waals surface area contributed by atoms with Gasteiger partial charge < -0.3 is 19.4 Å². The van der Waals surface area contributed by atoms with E-state index in [1.807, 2.05) is 11.5 Å². The zero-order valence-corrected chi connectivity index (χ0v) is 16.5. The molecule has 1 N–H and O–H groups in total. The van der Waals surface area contributed by atoms with Crippen molar-refractivity contribution in [2.45, 2.75) is 13.8 Å².